The highest BCUT2D eigenvalue weighted by molar-refractivity contribution is 6.02. The second kappa shape index (κ2) is 13.9. The van der Waals surface area contributed by atoms with Crippen LogP contribution in [0.3, 0.4) is 0 Å². The number of alkyl halides is 1. The number of ether oxygens (including phenoxy) is 1. The summed E-state index contributed by atoms with van der Waals surface area (Å²) in [5.41, 5.74) is -0.0582. The Bertz CT molecular complexity index is 2010. The highest BCUT2D eigenvalue weighted by atomic mass is 19.1. The molecule has 51 heavy (non-hydrogen) atoms. The topological polar surface area (TPSA) is 112 Å². The number of rotatable bonds is 7. The van der Waals surface area contributed by atoms with Crippen LogP contribution in [0.25, 0.3) is 32.9 Å². The minimum Gasteiger partial charge on any atom is -0.508 e. The van der Waals surface area contributed by atoms with Crippen LogP contribution in [-0.2, 0) is 16.0 Å². The lowest BCUT2D eigenvalue weighted by molar-refractivity contribution is -0.144. The van der Waals surface area contributed by atoms with Crippen LogP contribution in [0.2, 0.25) is 0 Å². The molecule has 13 heteroatoms. The summed E-state index contributed by atoms with van der Waals surface area (Å²) < 4.78 is 52.9. The Morgan fingerprint density at radius 3 is 2.71 bits per heavy atom. The second-order valence-corrected chi connectivity index (χ2v) is 14.2. The van der Waals surface area contributed by atoms with Crippen LogP contribution in [0.1, 0.15) is 64.4 Å². The van der Waals surface area contributed by atoms with Crippen LogP contribution in [-0.4, -0.2) is 93.2 Å². The van der Waals surface area contributed by atoms with Crippen LogP contribution in [0.15, 0.2) is 30.5 Å². The number of pyridine rings is 1. The summed E-state index contributed by atoms with van der Waals surface area (Å²) in [7, 11) is 1.49. The minimum absolute atomic E-state index is 0.0625. The van der Waals surface area contributed by atoms with Gasteiger partial charge in [0.15, 0.2) is 5.82 Å². The van der Waals surface area contributed by atoms with E-state index in [1.807, 2.05) is 11.8 Å². The molecule has 0 saturated carbocycles. The van der Waals surface area contributed by atoms with Crippen LogP contribution in [0, 0.1) is 17.6 Å². The van der Waals surface area contributed by atoms with Crippen molar-refractivity contribution in [2.24, 2.45) is 5.92 Å². The number of aromatic hydroxyl groups is 1. The maximum atomic E-state index is 17.0. The number of phenolic OH excluding ortho intramolecular Hbond substituents is 1. The molecule has 0 spiro atoms. The fourth-order valence-corrected chi connectivity index (χ4v) is 8.34. The standard InChI is InChI=1S/C38H43F3N6O4/c1-4-27-30(40)10-9-24-16-26(49)17-28(31(24)27)33-32(41)34-29(19-42-33)35(46-13-6-5-8-23(11-15-46)36(50)45(3)22(2)48)44-37(43-34)51-21-38-12-7-14-47(38)20-25(39)18-38/h9-10,16-17,19,23,25,49H,4-8,11-15,18,20-21H2,1-3H3/t23?,25-,38+/m1/s1. The number of aryl methyl sites for hydroxylation is 1. The largest absolute Gasteiger partial charge is 0.508 e. The van der Waals surface area contributed by atoms with Gasteiger partial charge in [-0.2, -0.15) is 9.97 Å². The highest BCUT2D eigenvalue weighted by Crippen LogP contribution is 2.42. The first-order chi connectivity index (χ1) is 24.5. The second-order valence-electron chi connectivity index (χ2n) is 14.2. The van der Waals surface area contributed by atoms with Crippen molar-refractivity contribution in [1.82, 2.24) is 24.8 Å². The van der Waals surface area contributed by atoms with Crippen molar-refractivity contribution >= 4 is 39.3 Å². The molecule has 0 bridgehead atoms. The fraction of sp³-hybridized carbons (Fsp3) is 0.500. The Labute approximate surface area is 294 Å². The van der Waals surface area contributed by atoms with Crippen LogP contribution in [0.5, 0.6) is 11.8 Å². The van der Waals surface area contributed by atoms with E-state index in [0.717, 1.165) is 37.1 Å². The van der Waals surface area contributed by atoms with Crippen LogP contribution < -0.4 is 9.64 Å². The molecule has 3 aliphatic heterocycles. The predicted molar refractivity (Wildman–Crippen MR) is 187 cm³/mol. The maximum Gasteiger partial charge on any atom is 0.319 e. The summed E-state index contributed by atoms with van der Waals surface area (Å²) >= 11 is 0. The van der Waals surface area contributed by atoms with Gasteiger partial charge in [-0.05, 0) is 79.6 Å². The molecule has 0 radical (unpaired) electrons. The quantitative estimate of drug-likeness (QED) is 0.235. The molecular formula is C38H43F3N6O4. The van der Waals surface area contributed by atoms with Crippen molar-refractivity contribution in [1.29, 1.82) is 0 Å². The van der Waals surface area contributed by atoms with Crippen LogP contribution in [0.4, 0.5) is 19.0 Å². The van der Waals surface area contributed by atoms with Crippen molar-refractivity contribution in [2.75, 3.05) is 44.7 Å². The number of hydrogen-bond donors (Lipinski definition) is 1. The van der Waals surface area contributed by atoms with E-state index in [0.29, 0.717) is 72.9 Å². The number of amides is 2. The van der Waals surface area contributed by atoms with Gasteiger partial charge in [-0.15, -0.1) is 0 Å². The van der Waals surface area contributed by atoms with Gasteiger partial charge in [-0.25, -0.2) is 13.2 Å². The Hall–Kier alpha value is -4.52. The molecule has 2 aromatic carbocycles. The van der Waals surface area contributed by atoms with E-state index in [9.17, 15) is 19.1 Å². The van der Waals surface area contributed by atoms with Gasteiger partial charge in [0, 0.05) is 57.7 Å². The number of carbonyl (C=O) groups is 2. The molecule has 2 amide bonds. The van der Waals surface area contributed by atoms with Gasteiger partial charge < -0.3 is 14.7 Å². The lowest BCUT2D eigenvalue weighted by Crippen LogP contribution is -2.43. The summed E-state index contributed by atoms with van der Waals surface area (Å²) in [6.45, 7) is 5.40. The van der Waals surface area contributed by atoms with E-state index in [1.54, 1.807) is 6.07 Å². The van der Waals surface area contributed by atoms with Gasteiger partial charge in [-0.3, -0.25) is 24.4 Å². The first kappa shape index (κ1) is 34.9. The summed E-state index contributed by atoms with van der Waals surface area (Å²) in [4.78, 5) is 44.3. The maximum absolute atomic E-state index is 17.0. The van der Waals surface area contributed by atoms with Gasteiger partial charge >= 0.3 is 6.01 Å². The molecule has 1 unspecified atom stereocenters. The molecule has 4 aromatic rings. The van der Waals surface area contributed by atoms with Crippen molar-refractivity contribution < 1.29 is 32.6 Å². The zero-order valence-electron chi connectivity index (χ0n) is 29.2. The number of carbonyl (C=O) groups excluding carboxylic acids is 2. The van der Waals surface area contributed by atoms with E-state index < -0.39 is 23.3 Å². The molecule has 10 nitrogen and oxygen atoms in total. The number of benzene rings is 2. The molecule has 3 atom stereocenters. The number of hydrogen-bond acceptors (Lipinski definition) is 9. The third kappa shape index (κ3) is 6.45. The average molecular weight is 705 g/mol. The van der Waals surface area contributed by atoms with Crippen molar-refractivity contribution in [2.45, 2.75) is 76.9 Å². The zero-order chi connectivity index (χ0) is 36.0. The molecule has 270 valence electrons. The van der Waals surface area contributed by atoms with Gasteiger partial charge in [0.05, 0.1) is 10.9 Å². The first-order valence-corrected chi connectivity index (χ1v) is 17.9. The zero-order valence-corrected chi connectivity index (χ0v) is 29.2. The summed E-state index contributed by atoms with van der Waals surface area (Å²) in [6, 6.07) is 5.70. The summed E-state index contributed by atoms with van der Waals surface area (Å²) in [5, 5.41) is 12.0. The average Bonchev–Trinajstić information content (AvgIpc) is 3.62. The van der Waals surface area contributed by atoms with E-state index in [-0.39, 0.29) is 52.9 Å². The molecule has 3 aliphatic rings. The summed E-state index contributed by atoms with van der Waals surface area (Å²) in [5.74, 6) is -1.89. The van der Waals surface area contributed by atoms with Gasteiger partial charge in [0.2, 0.25) is 11.8 Å². The van der Waals surface area contributed by atoms with Gasteiger partial charge in [-0.1, -0.05) is 19.4 Å². The van der Waals surface area contributed by atoms with Crippen molar-refractivity contribution in [3.63, 3.8) is 0 Å². The van der Waals surface area contributed by atoms with E-state index in [1.165, 1.54) is 38.4 Å². The molecule has 7 rings (SSSR count). The molecular weight excluding hydrogens is 661 g/mol. The molecule has 2 aromatic heterocycles. The molecule has 0 aliphatic carbocycles. The normalized spacial score (nSPS) is 22.6. The van der Waals surface area contributed by atoms with Crippen molar-refractivity contribution in [3.05, 3.63) is 47.7 Å². The number of nitrogens with zero attached hydrogens (tertiary/aromatic N) is 6. The third-order valence-electron chi connectivity index (χ3n) is 11.1. The molecule has 3 saturated heterocycles. The molecule has 5 heterocycles. The van der Waals surface area contributed by atoms with E-state index in [2.05, 4.69) is 14.9 Å². The predicted octanol–water partition coefficient (Wildman–Crippen LogP) is 6.35. The Kier molecular flexibility index (Phi) is 9.51. The number of phenols is 1. The lowest BCUT2D eigenvalue weighted by atomic mass is 9.94. The lowest BCUT2D eigenvalue weighted by Gasteiger charge is -2.32. The number of aromatic nitrogens is 3. The third-order valence-corrected chi connectivity index (χ3v) is 11.1. The van der Waals surface area contributed by atoms with Crippen molar-refractivity contribution in [3.8, 4) is 23.0 Å². The number of fused-ring (bicyclic) bond motifs is 3. The fourth-order valence-electron chi connectivity index (χ4n) is 8.34. The Morgan fingerprint density at radius 2 is 1.92 bits per heavy atom. The minimum atomic E-state index is -0.957. The molecule has 3 fully saturated rings. The van der Waals surface area contributed by atoms with E-state index >= 15 is 8.78 Å². The molecule has 1 N–H and O–H groups in total. The number of halogens is 3. The van der Waals surface area contributed by atoms with Crippen LogP contribution >= 0.6 is 0 Å². The SMILES string of the molecule is CCc1c(F)ccc2cc(O)cc(-c3ncc4c(N5CCCCC(C(=O)N(C)C(C)=O)CC5)nc(OC[C@@]56CCCN5C[C@H](F)C6)nc4c3F)c12. The van der Waals surface area contributed by atoms with Gasteiger partial charge in [0.1, 0.15) is 41.4 Å². The monoisotopic (exact) mass is 704 g/mol. The highest BCUT2D eigenvalue weighted by Gasteiger charge is 2.49. The van der Waals surface area contributed by atoms with Gasteiger partial charge in [0.25, 0.3) is 0 Å². The Morgan fingerprint density at radius 1 is 1.10 bits per heavy atom. The number of anilines is 1. The van der Waals surface area contributed by atoms with E-state index in [4.69, 9.17) is 9.72 Å². The Balaban J connectivity index is 1.33. The number of imide groups is 1. The smallest absolute Gasteiger partial charge is 0.319 e. The first-order valence-electron chi connectivity index (χ1n) is 17.9. The summed E-state index contributed by atoms with van der Waals surface area (Å²) in [6.07, 6.45) is 5.46.